The summed E-state index contributed by atoms with van der Waals surface area (Å²) in [5.41, 5.74) is 0.513. The van der Waals surface area contributed by atoms with Gasteiger partial charge >= 0.3 is 0 Å². The van der Waals surface area contributed by atoms with E-state index in [1.54, 1.807) is 39.0 Å². The number of nitrogens with zero attached hydrogens (tertiary/aromatic N) is 2. The van der Waals surface area contributed by atoms with Crippen molar-refractivity contribution in [3.05, 3.63) is 64.4 Å². The highest BCUT2D eigenvalue weighted by Crippen LogP contribution is 2.22. The average Bonchev–Trinajstić information content (AvgIpc) is 2.69. The number of halogens is 2. The molecule has 174 valence electrons. The van der Waals surface area contributed by atoms with Crippen molar-refractivity contribution in [1.82, 2.24) is 10.2 Å². The van der Waals surface area contributed by atoms with Crippen LogP contribution in [0.2, 0.25) is 0 Å². The molecule has 10 heteroatoms. The van der Waals surface area contributed by atoms with E-state index in [1.165, 1.54) is 23.1 Å². The highest BCUT2D eigenvalue weighted by Gasteiger charge is 2.31. The van der Waals surface area contributed by atoms with Gasteiger partial charge in [-0.25, -0.2) is 12.8 Å². The molecule has 0 saturated heterocycles. The monoisotopic (exact) mass is 527 g/mol. The lowest BCUT2D eigenvalue weighted by atomic mass is 10.1. The minimum Gasteiger partial charge on any atom is -0.352 e. The smallest absolute Gasteiger partial charge is 0.244 e. The molecule has 0 aromatic heterocycles. The summed E-state index contributed by atoms with van der Waals surface area (Å²) in [4.78, 5) is 27.3. The van der Waals surface area contributed by atoms with E-state index in [9.17, 15) is 22.4 Å². The predicted octanol–water partition coefficient (Wildman–Crippen LogP) is 3.30. The highest BCUT2D eigenvalue weighted by atomic mass is 79.9. The zero-order valence-corrected chi connectivity index (χ0v) is 20.8. The van der Waals surface area contributed by atoms with Crippen molar-refractivity contribution in [2.45, 2.75) is 39.4 Å². The second-order valence-corrected chi connectivity index (χ2v) is 10.5. The zero-order chi connectivity index (χ0) is 24.1. The van der Waals surface area contributed by atoms with E-state index in [-0.39, 0.29) is 24.2 Å². The Morgan fingerprint density at radius 3 is 2.31 bits per heavy atom. The number of rotatable bonds is 9. The molecule has 0 fully saturated rings. The number of amides is 2. The van der Waals surface area contributed by atoms with Crippen LogP contribution < -0.4 is 9.62 Å². The van der Waals surface area contributed by atoms with Gasteiger partial charge in [-0.05, 0) is 50.6 Å². The van der Waals surface area contributed by atoms with Gasteiger partial charge in [0.1, 0.15) is 18.4 Å². The molecule has 1 N–H and O–H groups in total. The van der Waals surface area contributed by atoms with E-state index in [0.717, 1.165) is 22.4 Å². The lowest BCUT2D eigenvalue weighted by Gasteiger charge is -2.32. The minimum atomic E-state index is -3.98. The van der Waals surface area contributed by atoms with Gasteiger partial charge in [0.15, 0.2) is 0 Å². The highest BCUT2D eigenvalue weighted by molar-refractivity contribution is 9.10. The van der Waals surface area contributed by atoms with Crippen LogP contribution in [0.15, 0.2) is 53.0 Å². The van der Waals surface area contributed by atoms with Gasteiger partial charge in [-0.3, -0.25) is 13.9 Å². The molecular formula is C22H27BrFN3O4S. The van der Waals surface area contributed by atoms with E-state index in [0.29, 0.717) is 4.31 Å². The van der Waals surface area contributed by atoms with Crippen molar-refractivity contribution in [1.29, 1.82) is 0 Å². The third-order valence-electron chi connectivity index (χ3n) is 4.64. The van der Waals surface area contributed by atoms with Gasteiger partial charge in [0.2, 0.25) is 21.8 Å². The standard InChI is InChI=1S/C22H27BrFN3O4S/c1-15(2)25-22(29)16(3)26(13-17-8-7-9-18(23)12-17)21(28)14-27(32(4,30)31)20-11-6-5-10-19(20)24/h5-12,15-16H,13-14H2,1-4H3,(H,25,29)/t16-/m1/s1. The van der Waals surface area contributed by atoms with Gasteiger partial charge in [-0.2, -0.15) is 0 Å². The number of nitrogens with one attached hydrogen (secondary N) is 1. The predicted molar refractivity (Wildman–Crippen MR) is 126 cm³/mol. The molecule has 32 heavy (non-hydrogen) atoms. The van der Waals surface area contributed by atoms with Gasteiger partial charge in [-0.1, -0.05) is 40.2 Å². The van der Waals surface area contributed by atoms with E-state index in [4.69, 9.17) is 0 Å². The molecule has 0 unspecified atom stereocenters. The Balaban J connectivity index is 2.40. The fraction of sp³-hybridized carbons (Fsp3) is 0.364. The van der Waals surface area contributed by atoms with Crippen LogP contribution in [0, 0.1) is 5.82 Å². The number of carbonyl (C=O) groups excluding carboxylic acids is 2. The number of sulfonamides is 1. The van der Waals surface area contributed by atoms with Crippen molar-refractivity contribution in [2.24, 2.45) is 0 Å². The molecule has 0 aliphatic carbocycles. The quantitative estimate of drug-likeness (QED) is 0.542. The fourth-order valence-corrected chi connectivity index (χ4v) is 4.37. The molecule has 2 aromatic rings. The van der Waals surface area contributed by atoms with Crippen LogP contribution >= 0.6 is 15.9 Å². The zero-order valence-electron chi connectivity index (χ0n) is 18.4. The van der Waals surface area contributed by atoms with Crippen molar-refractivity contribution in [3.8, 4) is 0 Å². The summed E-state index contributed by atoms with van der Waals surface area (Å²) in [6.07, 6.45) is 0.903. The van der Waals surface area contributed by atoms with Gasteiger partial charge in [0.05, 0.1) is 11.9 Å². The molecule has 2 rings (SSSR count). The number of anilines is 1. The molecule has 2 amide bonds. The summed E-state index contributed by atoms with van der Waals surface area (Å²) in [6.45, 7) is 4.59. The third kappa shape index (κ3) is 7.03. The summed E-state index contributed by atoms with van der Waals surface area (Å²) in [5.74, 6) is -1.78. The molecule has 1 atom stereocenters. The maximum Gasteiger partial charge on any atom is 0.244 e. The van der Waals surface area contributed by atoms with Crippen LogP contribution in [0.1, 0.15) is 26.3 Å². The molecular weight excluding hydrogens is 501 g/mol. The first-order valence-electron chi connectivity index (χ1n) is 9.96. The molecule has 0 radical (unpaired) electrons. The lowest BCUT2D eigenvalue weighted by Crippen LogP contribution is -2.52. The molecule has 0 saturated carbocycles. The number of benzene rings is 2. The maximum atomic E-state index is 14.3. The number of para-hydroxylation sites is 1. The van der Waals surface area contributed by atoms with E-state index in [1.807, 2.05) is 6.07 Å². The van der Waals surface area contributed by atoms with Crippen molar-refractivity contribution in [2.75, 3.05) is 17.1 Å². The summed E-state index contributed by atoms with van der Waals surface area (Å²) in [7, 11) is -3.98. The Morgan fingerprint density at radius 1 is 1.09 bits per heavy atom. The Kier molecular flexibility index (Phi) is 8.80. The first kappa shape index (κ1) is 25.8. The van der Waals surface area contributed by atoms with Crippen molar-refractivity contribution in [3.63, 3.8) is 0 Å². The van der Waals surface area contributed by atoms with Crippen molar-refractivity contribution >= 4 is 43.5 Å². The molecule has 0 spiro atoms. The lowest BCUT2D eigenvalue weighted by molar-refractivity contribution is -0.139. The van der Waals surface area contributed by atoms with Gasteiger partial charge < -0.3 is 10.2 Å². The average molecular weight is 528 g/mol. The van der Waals surface area contributed by atoms with E-state index >= 15 is 0 Å². The van der Waals surface area contributed by atoms with Gasteiger partial charge in [0, 0.05) is 17.1 Å². The van der Waals surface area contributed by atoms with Gasteiger partial charge in [0.25, 0.3) is 0 Å². The molecule has 0 bridgehead atoms. The summed E-state index contributed by atoms with van der Waals surface area (Å²) < 4.78 is 40.6. The molecule has 0 heterocycles. The maximum absolute atomic E-state index is 14.3. The first-order valence-corrected chi connectivity index (χ1v) is 12.6. The summed E-state index contributed by atoms with van der Waals surface area (Å²) in [5, 5.41) is 2.77. The van der Waals surface area contributed by atoms with Crippen LogP contribution in [0.5, 0.6) is 0 Å². The largest absolute Gasteiger partial charge is 0.352 e. The summed E-state index contributed by atoms with van der Waals surface area (Å²) >= 11 is 3.38. The Morgan fingerprint density at radius 2 is 1.75 bits per heavy atom. The van der Waals surface area contributed by atoms with Crippen LogP contribution in [0.3, 0.4) is 0 Å². The van der Waals surface area contributed by atoms with E-state index < -0.39 is 34.3 Å². The normalized spacial score (nSPS) is 12.3. The molecule has 2 aromatic carbocycles. The number of hydrogen-bond acceptors (Lipinski definition) is 4. The first-order chi connectivity index (χ1) is 14.9. The van der Waals surface area contributed by atoms with Crippen LogP contribution in [-0.4, -0.2) is 50.0 Å². The van der Waals surface area contributed by atoms with Crippen LogP contribution in [0.4, 0.5) is 10.1 Å². The molecule has 0 aliphatic heterocycles. The topological polar surface area (TPSA) is 86.8 Å². The number of hydrogen-bond donors (Lipinski definition) is 1. The fourth-order valence-electron chi connectivity index (χ4n) is 3.07. The van der Waals surface area contributed by atoms with Gasteiger partial charge in [-0.15, -0.1) is 0 Å². The molecule has 0 aliphatic rings. The van der Waals surface area contributed by atoms with Crippen LogP contribution in [-0.2, 0) is 26.2 Å². The third-order valence-corrected chi connectivity index (χ3v) is 6.26. The summed E-state index contributed by atoms with van der Waals surface area (Å²) in [6, 6.07) is 11.5. The second-order valence-electron chi connectivity index (χ2n) is 7.71. The Hall–Kier alpha value is -2.46. The second kappa shape index (κ2) is 10.9. The Labute approximate surface area is 196 Å². The molecule has 7 nitrogen and oxygen atoms in total. The number of carbonyl (C=O) groups is 2. The Bertz CT molecular complexity index is 1080. The van der Waals surface area contributed by atoms with Crippen LogP contribution in [0.25, 0.3) is 0 Å². The van der Waals surface area contributed by atoms with E-state index in [2.05, 4.69) is 21.2 Å². The van der Waals surface area contributed by atoms with Crippen molar-refractivity contribution < 1.29 is 22.4 Å². The minimum absolute atomic E-state index is 0.0693. The SMILES string of the molecule is CC(C)NC(=O)[C@@H](C)N(Cc1cccc(Br)c1)C(=O)CN(c1ccccc1F)S(C)(=O)=O.